The van der Waals surface area contributed by atoms with Crippen LogP contribution < -0.4 is 5.32 Å². The molecule has 1 aliphatic carbocycles. The van der Waals surface area contributed by atoms with Gasteiger partial charge in [0.1, 0.15) is 17.6 Å². The van der Waals surface area contributed by atoms with Gasteiger partial charge in [-0.1, -0.05) is 0 Å². The summed E-state index contributed by atoms with van der Waals surface area (Å²) in [5.41, 5.74) is 1.33. The van der Waals surface area contributed by atoms with Crippen LogP contribution in [0.3, 0.4) is 0 Å². The first kappa shape index (κ1) is 11.8. The van der Waals surface area contributed by atoms with Crippen LogP contribution in [0.15, 0.2) is 10.5 Å². The molecule has 1 aromatic rings. The lowest BCUT2D eigenvalue weighted by molar-refractivity contribution is -0.140. The van der Waals surface area contributed by atoms with Crippen molar-refractivity contribution in [1.82, 2.24) is 5.32 Å². The molecule has 0 amide bonds. The number of carboxylic acids is 1. The molecule has 2 heterocycles. The lowest BCUT2D eigenvalue weighted by atomic mass is 9.95. The second kappa shape index (κ2) is 4.76. The molecule has 0 spiro atoms. The molecule has 18 heavy (non-hydrogen) atoms. The maximum Gasteiger partial charge on any atom is 0.320 e. The zero-order chi connectivity index (χ0) is 12.5. The lowest BCUT2D eigenvalue weighted by Gasteiger charge is -2.27. The maximum atomic E-state index is 11.0. The first-order valence-corrected chi connectivity index (χ1v) is 6.84. The monoisotopic (exact) mass is 249 g/mol. The van der Waals surface area contributed by atoms with Crippen LogP contribution >= 0.6 is 0 Å². The number of aliphatic carboxylic acids is 1. The van der Waals surface area contributed by atoms with Crippen molar-refractivity contribution in [2.75, 3.05) is 0 Å². The van der Waals surface area contributed by atoms with E-state index in [0.717, 1.165) is 37.2 Å². The molecular weight excluding hydrogens is 230 g/mol. The Labute approximate surface area is 106 Å². The van der Waals surface area contributed by atoms with Crippen LogP contribution in [0, 0.1) is 0 Å². The minimum Gasteiger partial charge on any atom is -0.480 e. The van der Waals surface area contributed by atoms with Crippen LogP contribution in [0.4, 0.5) is 0 Å². The summed E-state index contributed by atoms with van der Waals surface area (Å²) in [7, 11) is 0. The van der Waals surface area contributed by atoms with E-state index in [1.54, 1.807) is 0 Å². The van der Waals surface area contributed by atoms with Gasteiger partial charge in [0.05, 0.1) is 6.04 Å². The molecule has 2 aliphatic rings. The zero-order valence-corrected chi connectivity index (χ0v) is 10.4. The number of carbonyl (C=O) groups is 1. The molecule has 0 saturated carbocycles. The molecule has 2 N–H and O–H groups in total. The second-order valence-corrected chi connectivity index (χ2v) is 5.35. The van der Waals surface area contributed by atoms with Gasteiger partial charge in [0.15, 0.2) is 0 Å². The van der Waals surface area contributed by atoms with Gasteiger partial charge in [-0.3, -0.25) is 10.1 Å². The summed E-state index contributed by atoms with van der Waals surface area (Å²) < 4.78 is 5.92. The van der Waals surface area contributed by atoms with Gasteiger partial charge in [-0.2, -0.15) is 0 Å². The summed E-state index contributed by atoms with van der Waals surface area (Å²) in [6.45, 7) is 0. The van der Waals surface area contributed by atoms with Crippen molar-refractivity contribution in [3.63, 3.8) is 0 Å². The van der Waals surface area contributed by atoms with Gasteiger partial charge in [0.25, 0.3) is 0 Å². The highest BCUT2D eigenvalue weighted by Crippen LogP contribution is 2.32. The van der Waals surface area contributed by atoms with Crippen LogP contribution in [-0.2, 0) is 17.6 Å². The smallest absolute Gasteiger partial charge is 0.320 e. The summed E-state index contributed by atoms with van der Waals surface area (Å²) in [5, 5.41) is 12.3. The topological polar surface area (TPSA) is 62.5 Å². The Morgan fingerprint density at radius 3 is 2.89 bits per heavy atom. The van der Waals surface area contributed by atoms with Gasteiger partial charge in [-0.15, -0.1) is 0 Å². The molecule has 1 aliphatic heterocycles. The molecule has 2 unspecified atom stereocenters. The van der Waals surface area contributed by atoms with Crippen molar-refractivity contribution in [2.45, 2.75) is 57.0 Å². The molecule has 1 fully saturated rings. The van der Waals surface area contributed by atoms with Crippen molar-refractivity contribution in [3.05, 3.63) is 23.2 Å². The van der Waals surface area contributed by atoms with Crippen LogP contribution in [0.2, 0.25) is 0 Å². The number of aryl methyl sites for hydroxylation is 2. The summed E-state index contributed by atoms with van der Waals surface area (Å²) >= 11 is 0. The maximum absolute atomic E-state index is 11.0. The van der Waals surface area contributed by atoms with Crippen LogP contribution in [0.25, 0.3) is 0 Å². The van der Waals surface area contributed by atoms with E-state index in [1.807, 2.05) is 0 Å². The number of hydrogen-bond acceptors (Lipinski definition) is 3. The van der Waals surface area contributed by atoms with Gasteiger partial charge in [-0.25, -0.2) is 0 Å². The number of piperidine rings is 1. The van der Waals surface area contributed by atoms with Crippen LogP contribution in [0.1, 0.15) is 55.2 Å². The van der Waals surface area contributed by atoms with E-state index in [-0.39, 0.29) is 6.04 Å². The summed E-state index contributed by atoms with van der Waals surface area (Å²) in [5.74, 6) is 1.30. The highest BCUT2D eigenvalue weighted by atomic mass is 16.4. The quantitative estimate of drug-likeness (QED) is 0.845. The average molecular weight is 249 g/mol. The second-order valence-electron chi connectivity index (χ2n) is 5.35. The molecule has 4 nitrogen and oxygen atoms in total. The number of nitrogens with one attached hydrogen (secondary N) is 1. The third-order valence-electron chi connectivity index (χ3n) is 4.05. The molecule has 1 saturated heterocycles. The molecule has 2 atom stereocenters. The van der Waals surface area contributed by atoms with Gasteiger partial charge in [0.2, 0.25) is 0 Å². The fourth-order valence-electron chi connectivity index (χ4n) is 3.04. The molecule has 4 heteroatoms. The van der Waals surface area contributed by atoms with Gasteiger partial charge < -0.3 is 9.52 Å². The average Bonchev–Trinajstić information content (AvgIpc) is 2.82. The minimum atomic E-state index is -0.754. The number of carboxylic acid groups (broad SMARTS) is 1. The Kier molecular flexibility index (Phi) is 3.12. The fourth-order valence-corrected chi connectivity index (χ4v) is 3.04. The Hall–Kier alpha value is -1.29. The Morgan fingerprint density at radius 1 is 1.28 bits per heavy atom. The van der Waals surface area contributed by atoms with Crippen molar-refractivity contribution < 1.29 is 14.3 Å². The van der Waals surface area contributed by atoms with E-state index in [1.165, 1.54) is 18.4 Å². The van der Waals surface area contributed by atoms with Crippen molar-refractivity contribution in [1.29, 1.82) is 0 Å². The molecule has 0 bridgehead atoms. The van der Waals surface area contributed by atoms with Crippen molar-refractivity contribution in [3.8, 4) is 0 Å². The van der Waals surface area contributed by atoms with Crippen LogP contribution in [0.5, 0.6) is 0 Å². The highest BCUT2D eigenvalue weighted by molar-refractivity contribution is 5.73. The Bertz CT molecular complexity index is 428. The van der Waals surface area contributed by atoms with Gasteiger partial charge in [0, 0.05) is 6.42 Å². The molecular formula is C14H19NO3. The van der Waals surface area contributed by atoms with E-state index in [2.05, 4.69) is 11.4 Å². The number of furan rings is 1. The lowest BCUT2D eigenvalue weighted by Crippen LogP contribution is -2.42. The molecule has 98 valence electrons. The van der Waals surface area contributed by atoms with Crippen molar-refractivity contribution in [2.24, 2.45) is 0 Å². The standard InChI is InChI=1S/C14H19NO3/c16-14(17)11-6-3-5-10(15-11)13-8-9-4-1-2-7-12(9)18-13/h8,10-11,15H,1-7H2,(H,16,17). The van der Waals surface area contributed by atoms with E-state index in [4.69, 9.17) is 9.52 Å². The van der Waals surface area contributed by atoms with E-state index >= 15 is 0 Å². The predicted octanol–water partition coefficient (Wildman–Crippen LogP) is 2.43. The van der Waals surface area contributed by atoms with Gasteiger partial charge in [-0.05, 0) is 50.2 Å². The third kappa shape index (κ3) is 2.17. The third-order valence-corrected chi connectivity index (χ3v) is 4.05. The highest BCUT2D eigenvalue weighted by Gasteiger charge is 2.29. The molecule has 0 radical (unpaired) electrons. The first-order chi connectivity index (χ1) is 8.74. The summed E-state index contributed by atoms with van der Waals surface area (Å²) in [6, 6.07) is 1.78. The van der Waals surface area contributed by atoms with E-state index in [9.17, 15) is 4.79 Å². The first-order valence-electron chi connectivity index (χ1n) is 6.84. The molecule has 3 rings (SSSR count). The summed E-state index contributed by atoms with van der Waals surface area (Å²) in [4.78, 5) is 11.0. The van der Waals surface area contributed by atoms with Crippen molar-refractivity contribution >= 4 is 5.97 Å². The minimum absolute atomic E-state index is 0.0745. The van der Waals surface area contributed by atoms with E-state index in [0.29, 0.717) is 6.42 Å². The summed E-state index contributed by atoms with van der Waals surface area (Å²) in [6.07, 6.45) is 7.21. The predicted molar refractivity (Wildman–Crippen MR) is 66.5 cm³/mol. The largest absolute Gasteiger partial charge is 0.480 e. The Morgan fingerprint density at radius 2 is 2.11 bits per heavy atom. The number of fused-ring (bicyclic) bond motifs is 1. The molecule has 1 aromatic heterocycles. The Balaban J connectivity index is 1.77. The van der Waals surface area contributed by atoms with Gasteiger partial charge >= 0.3 is 5.97 Å². The number of hydrogen-bond donors (Lipinski definition) is 2. The number of rotatable bonds is 2. The van der Waals surface area contributed by atoms with Crippen LogP contribution in [-0.4, -0.2) is 17.1 Å². The normalized spacial score (nSPS) is 27.8. The molecule has 0 aromatic carbocycles. The zero-order valence-electron chi connectivity index (χ0n) is 10.4. The van der Waals surface area contributed by atoms with E-state index < -0.39 is 12.0 Å². The fraction of sp³-hybridized carbons (Fsp3) is 0.643. The SMILES string of the molecule is O=C(O)C1CCCC(c2cc3c(o2)CCCC3)N1.